The molecule has 1 atom stereocenters. The Morgan fingerprint density at radius 1 is 1.26 bits per heavy atom. The maximum Gasteiger partial charge on any atom is 0.349 e. The second-order valence-electron chi connectivity index (χ2n) is 5.70. The molecule has 0 saturated carbocycles. The highest BCUT2D eigenvalue weighted by Crippen LogP contribution is 2.35. The Morgan fingerprint density at radius 2 is 2.04 bits per heavy atom. The number of rotatable bonds is 4. The number of esters is 1. The number of nitrogens with zero attached hydrogens (tertiary/aromatic N) is 1. The first-order chi connectivity index (χ1) is 11.2. The van der Waals surface area contributed by atoms with E-state index in [0.29, 0.717) is 13.2 Å². The summed E-state index contributed by atoms with van der Waals surface area (Å²) in [5.41, 5.74) is 3.39. The molecule has 4 heteroatoms. The topological polar surface area (TPSA) is 38.8 Å². The predicted molar refractivity (Wildman–Crippen MR) is 89.7 cm³/mol. The maximum atomic E-state index is 12.1. The van der Waals surface area contributed by atoms with E-state index in [2.05, 4.69) is 30.0 Å². The second-order valence-corrected chi connectivity index (χ2v) is 5.70. The SMILES string of the molecule is CCOC(=O)C1CN(Cc2ccccc2)c2cc(C)ccc2O1. The number of hydrogen-bond donors (Lipinski definition) is 0. The first-order valence-electron chi connectivity index (χ1n) is 7.90. The zero-order chi connectivity index (χ0) is 16.2. The summed E-state index contributed by atoms with van der Waals surface area (Å²) in [5, 5.41) is 0. The van der Waals surface area contributed by atoms with Gasteiger partial charge in [-0.3, -0.25) is 0 Å². The van der Waals surface area contributed by atoms with Crippen molar-refractivity contribution < 1.29 is 14.3 Å². The van der Waals surface area contributed by atoms with Gasteiger partial charge in [0.05, 0.1) is 18.8 Å². The largest absolute Gasteiger partial charge is 0.475 e. The van der Waals surface area contributed by atoms with Crippen molar-refractivity contribution >= 4 is 11.7 Å². The number of ether oxygens (including phenoxy) is 2. The van der Waals surface area contributed by atoms with Crippen LogP contribution < -0.4 is 9.64 Å². The van der Waals surface area contributed by atoms with E-state index in [1.807, 2.05) is 30.3 Å². The number of anilines is 1. The van der Waals surface area contributed by atoms with Crippen LogP contribution in [0.4, 0.5) is 5.69 Å². The van der Waals surface area contributed by atoms with Crippen LogP contribution in [0.25, 0.3) is 0 Å². The average molecular weight is 311 g/mol. The van der Waals surface area contributed by atoms with Crippen LogP contribution >= 0.6 is 0 Å². The molecule has 120 valence electrons. The Morgan fingerprint density at radius 3 is 2.78 bits per heavy atom. The number of aryl methyl sites for hydroxylation is 1. The van der Waals surface area contributed by atoms with Gasteiger partial charge in [-0.1, -0.05) is 36.4 Å². The Hall–Kier alpha value is -2.49. The molecule has 3 rings (SSSR count). The Labute approximate surface area is 136 Å². The van der Waals surface area contributed by atoms with Crippen molar-refractivity contribution in [3.05, 3.63) is 59.7 Å². The summed E-state index contributed by atoms with van der Waals surface area (Å²) in [6, 6.07) is 16.2. The van der Waals surface area contributed by atoms with E-state index in [4.69, 9.17) is 9.47 Å². The van der Waals surface area contributed by atoms with Gasteiger partial charge in [-0.25, -0.2) is 4.79 Å². The molecule has 0 aromatic heterocycles. The van der Waals surface area contributed by atoms with Gasteiger partial charge in [0, 0.05) is 6.54 Å². The third-order valence-corrected chi connectivity index (χ3v) is 3.88. The monoisotopic (exact) mass is 311 g/mol. The van der Waals surface area contributed by atoms with Crippen molar-refractivity contribution in [3.63, 3.8) is 0 Å². The molecule has 0 saturated heterocycles. The number of hydrogen-bond acceptors (Lipinski definition) is 4. The second kappa shape index (κ2) is 6.73. The van der Waals surface area contributed by atoms with E-state index in [1.165, 1.54) is 11.1 Å². The molecule has 0 bridgehead atoms. The Balaban J connectivity index is 1.89. The smallest absolute Gasteiger partial charge is 0.349 e. The van der Waals surface area contributed by atoms with Crippen LogP contribution in [-0.2, 0) is 16.1 Å². The van der Waals surface area contributed by atoms with Gasteiger partial charge >= 0.3 is 5.97 Å². The molecule has 0 spiro atoms. The van der Waals surface area contributed by atoms with E-state index < -0.39 is 6.10 Å². The highest BCUT2D eigenvalue weighted by atomic mass is 16.6. The summed E-state index contributed by atoms with van der Waals surface area (Å²) < 4.78 is 11.0. The lowest BCUT2D eigenvalue weighted by atomic mass is 10.1. The fraction of sp³-hybridized carbons (Fsp3) is 0.316. The van der Waals surface area contributed by atoms with E-state index in [9.17, 15) is 4.79 Å². The molecule has 1 unspecified atom stereocenters. The van der Waals surface area contributed by atoms with Crippen LogP contribution in [0.2, 0.25) is 0 Å². The van der Waals surface area contributed by atoms with Crippen molar-refractivity contribution in [2.45, 2.75) is 26.5 Å². The number of benzene rings is 2. The summed E-state index contributed by atoms with van der Waals surface area (Å²) in [4.78, 5) is 14.3. The van der Waals surface area contributed by atoms with Crippen LogP contribution in [0.1, 0.15) is 18.1 Å². The molecule has 0 radical (unpaired) electrons. The van der Waals surface area contributed by atoms with Crippen molar-refractivity contribution in [1.29, 1.82) is 0 Å². The van der Waals surface area contributed by atoms with Gasteiger partial charge in [0.2, 0.25) is 6.10 Å². The van der Waals surface area contributed by atoms with Crippen LogP contribution in [0.3, 0.4) is 0 Å². The van der Waals surface area contributed by atoms with Gasteiger partial charge in [-0.05, 0) is 37.1 Å². The predicted octanol–water partition coefficient (Wildman–Crippen LogP) is 3.33. The van der Waals surface area contributed by atoms with Crippen LogP contribution in [0.15, 0.2) is 48.5 Å². The van der Waals surface area contributed by atoms with E-state index in [0.717, 1.165) is 18.0 Å². The average Bonchev–Trinajstić information content (AvgIpc) is 2.56. The van der Waals surface area contributed by atoms with Crippen LogP contribution in [-0.4, -0.2) is 25.2 Å². The minimum atomic E-state index is -0.589. The third-order valence-electron chi connectivity index (χ3n) is 3.88. The molecular formula is C19H21NO3. The number of carbonyl (C=O) groups excluding carboxylic acids is 1. The molecule has 1 heterocycles. The first-order valence-corrected chi connectivity index (χ1v) is 7.90. The number of carbonyl (C=O) groups is 1. The Kier molecular flexibility index (Phi) is 4.51. The lowest BCUT2D eigenvalue weighted by Crippen LogP contribution is -2.45. The quantitative estimate of drug-likeness (QED) is 0.812. The minimum Gasteiger partial charge on any atom is -0.475 e. The highest BCUT2D eigenvalue weighted by Gasteiger charge is 2.31. The molecule has 1 aliphatic heterocycles. The highest BCUT2D eigenvalue weighted by molar-refractivity contribution is 5.78. The van der Waals surface area contributed by atoms with Gasteiger partial charge < -0.3 is 14.4 Å². The molecular weight excluding hydrogens is 290 g/mol. The first kappa shape index (κ1) is 15.4. The van der Waals surface area contributed by atoms with Crippen molar-refractivity contribution in [1.82, 2.24) is 0 Å². The molecule has 23 heavy (non-hydrogen) atoms. The summed E-state index contributed by atoms with van der Waals surface area (Å²) in [6.45, 7) is 5.44. The summed E-state index contributed by atoms with van der Waals surface area (Å²) >= 11 is 0. The summed E-state index contributed by atoms with van der Waals surface area (Å²) in [5.74, 6) is 0.424. The zero-order valence-electron chi connectivity index (χ0n) is 13.5. The third kappa shape index (κ3) is 3.47. The molecule has 1 aliphatic rings. The standard InChI is InChI=1S/C19H21NO3/c1-3-22-19(21)18-13-20(12-15-7-5-4-6-8-15)16-11-14(2)9-10-17(16)23-18/h4-11,18H,3,12-13H2,1-2H3. The normalized spacial score (nSPS) is 16.4. The van der Waals surface area contributed by atoms with Crippen molar-refractivity contribution in [3.8, 4) is 5.75 Å². The van der Waals surface area contributed by atoms with E-state index in [-0.39, 0.29) is 5.97 Å². The number of fused-ring (bicyclic) bond motifs is 1. The molecule has 0 N–H and O–H groups in total. The molecule has 0 fully saturated rings. The van der Waals surface area contributed by atoms with Gasteiger partial charge in [-0.2, -0.15) is 0 Å². The van der Waals surface area contributed by atoms with Gasteiger partial charge in [0.25, 0.3) is 0 Å². The van der Waals surface area contributed by atoms with Crippen LogP contribution in [0, 0.1) is 6.92 Å². The Bertz CT molecular complexity index is 684. The fourth-order valence-corrected chi connectivity index (χ4v) is 2.77. The molecule has 0 aliphatic carbocycles. The lowest BCUT2D eigenvalue weighted by Gasteiger charge is -2.35. The molecule has 4 nitrogen and oxygen atoms in total. The zero-order valence-corrected chi connectivity index (χ0v) is 13.5. The minimum absolute atomic E-state index is 0.309. The lowest BCUT2D eigenvalue weighted by molar-refractivity contribution is -0.151. The summed E-state index contributed by atoms with van der Waals surface area (Å²) in [7, 11) is 0. The molecule has 2 aromatic rings. The fourth-order valence-electron chi connectivity index (χ4n) is 2.77. The van der Waals surface area contributed by atoms with Gasteiger partial charge in [0.1, 0.15) is 5.75 Å². The molecule has 2 aromatic carbocycles. The van der Waals surface area contributed by atoms with E-state index in [1.54, 1.807) is 6.92 Å². The van der Waals surface area contributed by atoms with Crippen molar-refractivity contribution in [2.75, 3.05) is 18.1 Å². The summed E-state index contributed by atoms with van der Waals surface area (Å²) in [6.07, 6.45) is -0.589. The van der Waals surface area contributed by atoms with Gasteiger partial charge in [0.15, 0.2) is 0 Å². The van der Waals surface area contributed by atoms with Gasteiger partial charge in [-0.15, -0.1) is 0 Å². The molecule has 0 amide bonds. The van der Waals surface area contributed by atoms with E-state index >= 15 is 0 Å². The maximum absolute atomic E-state index is 12.1. The van der Waals surface area contributed by atoms with Crippen molar-refractivity contribution in [2.24, 2.45) is 0 Å². The van der Waals surface area contributed by atoms with Crippen LogP contribution in [0.5, 0.6) is 5.75 Å².